The maximum absolute atomic E-state index is 11.1. The highest BCUT2D eigenvalue weighted by atomic mass is 31.2. The average Bonchev–Trinajstić information content (AvgIpc) is 1.91. The molecule has 0 aromatic carbocycles. The van der Waals surface area contributed by atoms with Crippen molar-refractivity contribution in [1.82, 2.24) is 0 Å². The highest BCUT2D eigenvalue weighted by Gasteiger charge is 2.44. The van der Waals surface area contributed by atoms with Gasteiger partial charge in [0.05, 0.1) is 0 Å². The molecule has 0 aliphatic heterocycles. The van der Waals surface area contributed by atoms with E-state index in [9.17, 15) is 9.13 Å². The number of rotatable bonds is 5. The highest BCUT2D eigenvalue weighted by Crippen LogP contribution is 2.62. The van der Waals surface area contributed by atoms with Gasteiger partial charge in [0.1, 0.15) is 0 Å². The summed E-state index contributed by atoms with van der Waals surface area (Å²) in [5.74, 6) is -0.166. The molecule has 0 amide bonds. The fourth-order valence-electron chi connectivity index (χ4n) is 1.96. The first-order valence-electron chi connectivity index (χ1n) is 5.34. The van der Waals surface area contributed by atoms with Crippen molar-refractivity contribution in [1.29, 1.82) is 0 Å². The van der Waals surface area contributed by atoms with Crippen LogP contribution in [0, 0.1) is 11.3 Å². The zero-order chi connectivity index (χ0) is 14.1. The lowest BCUT2D eigenvalue weighted by Crippen LogP contribution is -2.18. The minimum atomic E-state index is -4.78. The Morgan fingerprint density at radius 3 is 1.59 bits per heavy atom. The van der Waals surface area contributed by atoms with Crippen molar-refractivity contribution in [2.45, 2.75) is 45.9 Å². The molecule has 0 bridgehead atoms. The minimum Gasteiger partial charge on any atom is -0.324 e. The molecule has 0 aromatic rings. The van der Waals surface area contributed by atoms with E-state index in [1.54, 1.807) is 6.92 Å². The lowest BCUT2D eigenvalue weighted by molar-refractivity contribution is 0.280. The Labute approximate surface area is 102 Å². The van der Waals surface area contributed by atoms with E-state index in [0.29, 0.717) is 6.42 Å². The minimum absolute atomic E-state index is 0.0479. The molecule has 0 rings (SSSR count). The van der Waals surface area contributed by atoms with Gasteiger partial charge in [-0.1, -0.05) is 27.7 Å². The Balaban J connectivity index is 4.81. The molecule has 0 radical (unpaired) electrons. The average molecular weight is 288 g/mol. The van der Waals surface area contributed by atoms with Gasteiger partial charge >= 0.3 is 15.2 Å². The van der Waals surface area contributed by atoms with E-state index in [2.05, 4.69) is 0 Å². The fourth-order valence-corrected chi connectivity index (χ4v) is 4.80. The third-order valence-corrected chi connectivity index (χ3v) is 6.13. The van der Waals surface area contributed by atoms with Crippen LogP contribution in [0.4, 0.5) is 0 Å². The largest absolute Gasteiger partial charge is 0.340 e. The normalized spacial score (nSPS) is 16.3. The van der Waals surface area contributed by atoms with Crippen LogP contribution in [-0.4, -0.2) is 25.0 Å². The van der Waals surface area contributed by atoms with Gasteiger partial charge in [-0.25, -0.2) is 0 Å². The Kier molecular flexibility index (Phi) is 5.61. The summed E-state index contributed by atoms with van der Waals surface area (Å²) in [6, 6.07) is 0. The summed E-state index contributed by atoms with van der Waals surface area (Å²) in [5, 5.41) is -1.88. The van der Waals surface area contributed by atoms with Crippen LogP contribution < -0.4 is 0 Å². The summed E-state index contributed by atoms with van der Waals surface area (Å²) in [6.45, 7) is 7.64. The summed E-state index contributed by atoms with van der Waals surface area (Å²) >= 11 is 0. The van der Waals surface area contributed by atoms with E-state index >= 15 is 0 Å². The van der Waals surface area contributed by atoms with Crippen LogP contribution in [0.25, 0.3) is 0 Å². The zero-order valence-corrected chi connectivity index (χ0v) is 12.4. The van der Waals surface area contributed by atoms with Crippen LogP contribution in [0.3, 0.4) is 0 Å². The van der Waals surface area contributed by atoms with Crippen molar-refractivity contribution in [3.63, 3.8) is 0 Å². The Morgan fingerprint density at radius 1 is 1.00 bits per heavy atom. The quantitative estimate of drug-likeness (QED) is 0.576. The van der Waals surface area contributed by atoms with Gasteiger partial charge in [-0.2, -0.15) is 0 Å². The summed E-state index contributed by atoms with van der Waals surface area (Å²) in [7, 11) is -9.56. The molecule has 1 atom stereocenters. The van der Waals surface area contributed by atoms with Gasteiger partial charge in [-0.15, -0.1) is 0 Å². The van der Waals surface area contributed by atoms with E-state index in [0.717, 1.165) is 0 Å². The van der Waals surface area contributed by atoms with E-state index in [1.165, 1.54) is 0 Å². The molecular weight excluding hydrogens is 266 g/mol. The molecule has 17 heavy (non-hydrogen) atoms. The van der Waals surface area contributed by atoms with Crippen molar-refractivity contribution in [3.8, 4) is 0 Å². The van der Waals surface area contributed by atoms with Crippen molar-refractivity contribution in [3.05, 3.63) is 0 Å². The van der Waals surface area contributed by atoms with E-state index in [-0.39, 0.29) is 17.8 Å². The monoisotopic (exact) mass is 288 g/mol. The molecule has 0 aromatic heterocycles. The Bertz CT molecular complexity index is 314. The Hall–Kier alpha value is 0.300. The molecule has 1 unspecified atom stereocenters. The topological polar surface area (TPSA) is 115 Å². The van der Waals surface area contributed by atoms with Crippen LogP contribution >= 0.6 is 15.2 Å². The summed E-state index contributed by atoms with van der Waals surface area (Å²) < 4.78 is 22.2. The lowest BCUT2D eigenvalue weighted by Gasteiger charge is -2.27. The summed E-state index contributed by atoms with van der Waals surface area (Å²) in [6.07, 6.45) is 0.468. The Morgan fingerprint density at radius 2 is 1.35 bits per heavy atom. The van der Waals surface area contributed by atoms with Crippen molar-refractivity contribution >= 4 is 15.2 Å². The summed E-state index contributed by atoms with van der Waals surface area (Å²) in [4.78, 5) is 35.9. The lowest BCUT2D eigenvalue weighted by atomic mass is 9.84. The van der Waals surface area contributed by atoms with Gasteiger partial charge in [0, 0.05) is 0 Å². The number of hydrogen-bond donors (Lipinski definition) is 4. The van der Waals surface area contributed by atoms with Crippen molar-refractivity contribution in [2.24, 2.45) is 11.3 Å². The molecular formula is C9H22O6P2. The van der Waals surface area contributed by atoms with E-state index in [4.69, 9.17) is 19.6 Å². The van der Waals surface area contributed by atoms with Gasteiger partial charge < -0.3 is 19.6 Å². The molecule has 0 aliphatic carbocycles. The molecule has 0 aliphatic rings. The molecule has 0 saturated carbocycles. The second-order valence-electron chi connectivity index (χ2n) is 5.76. The van der Waals surface area contributed by atoms with E-state index < -0.39 is 20.6 Å². The molecule has 0 spiro atoms. The van der Waals surface area contributed by atoms with Crippen LogP contribution in [-0.2, 0) is 9.13 Å². The van der Waals surface area contributed by atoms with Crippen LogP contribution in [0.5, 0.6) is 0 Å². The molecule has 0 heterocycles. The number of hydrogen-bond acceptors (Lipinski definition) is 2. The van der Waals surface area contributed by atoms with Crippen molar-refractivity contribution in [2.75, 3.05) is 0 Å². The standard InChI is InChI=1S/C9H22O6P2/c1-7(6-9(2,3)4)5-8(16(10,11)12)17(13,14)15/h7-8H,5-6H2,1-4H3,(H2,10,11,12)(H2,13,14,15). The van der Waals surface area contributed by atoms with Crippen LogP contribution in [0.2, 0.25) is 0 Å². The molecule has 6 nitrogen and oxygen atoms in total. The predicted octanol–water partition coefficient (Wildman–Crippen LogP) is 2.13. The first kappa shape index (κ1) is 17.3. The van der Waals surface area contributed by atoms with Gasteiger partial charge in [-0.05, 0) is 24.2 Å². The first-order chi connectivity index (χ1) is 7.23. The molecule has 0 saturated heterocycles. The maximum Gasteiger partial charge on any atom is 0.340 e. The highest BCUT2D eigenvalue weighted by molar-refractivity contribution is 7.70. The van der Waals surface area contributed by atoms with Gasteiger partial charge in [-0.3, -0.25) is 9.13 Å². The second kappa shape index (κ2) is 5.52. The van der Waals surface area contributed by atoms with Crippen molar-refractivity contribution < 1.29 is 28.7 Å². The fraction of sp³-hybridized carbons (Fsp3) is 1.00. The van der Waals surface area contributed by atoms with Gasteiger partial charge in [0.2, 0.25) is 0 Å². The zero-order valence-electron chi connectivity index (χ0n) is 10.6. The predicted molar refractivity (Wildman–Crippen MR) is 65.7 cm³/mol. The third-order valence-electron chi connectivity index (χ3n) is 2.35. The molecule has 4 N–H and O–H groups in total. The van der Waals surface area contributed by atoms with Crippen LogP contribution in [0.1, 0.15) is 40.5 Å². The second-order valence-corrected chi connectivity index (χ2v) is 9.77. The SMILES string of the molecule is CC(CC(P(=O)(O)O)P(=O)(O)O)CC(C)(C)C. The van der Waals surface area contributed by atoms with E-state index in [1.807, 2.05) is 20.8 Å². The summed E-state index contributed by atoms with van der Waals surface area (Å²) in [5.41, 5.74) is -0.0479. The first-order valence-corrected chi connectivity index (χ1v) is 8.70. The maximum atomic E-state index is 11.1. The molecule has 104 valence electrons. The third kappa shape index (κ3) is 7.35. The smallest absolute Gasteiger partial charge is 0.324 e. The molecule has 0 fully saturated rings. The van der Waals surface area contributed by atoms with Crippen LogP contribution in [0.15, 0.2) is 0 Å². The van der Waals surface area contributed by atoms with Gasteiger partial charge in [0.15, 0.2) is 5.40 Å². The molecule has 8 heteroatoms. The van der Waals surface area contributed by atoms with Gasteiger partial charge in [0.25, 0.3) is 0 Å².